The quantitative estimate of drug-likeness (QED) is 0.213. The van der Waals surface area contributed by atoms with Gasteiger partial charge in [-0.1, -0.05) is 45.0 Å². The summed E-state index contributed by atoms with van der Waals surface area (Å²) in [5.74, 6) is -0.571. The lowest BCUT2D eigenvalue weighted by Gasteiger charge is -2.47. The van der Waals surface area contributed by atoms with Gasteiger partial charge in [-0.25, -0.2) is 4.21 Å². The Kier molecular flexibility index (Phi) is 9.78. The summed E-state index contributed by atoms with van der Waals surface area (Å²) in [6, 6.07) is 14.4. The maximum Gasteiger partial charge on any atom is 0.296 e. The largest absolute Gasteiger partial charge is 0.492 e. The Morgan fingerprint density at radius 3 is 2.18 bits per heavy atom. The van der Waals surface area contributed by atoms with Crippen LogP contribution in [-0.2, 0) is 25.9 Å². The van der Waals surface area contributed by atoms with E-state index in [2.05, 4.69) is 42.6 Å². The van der Waals surface area contributed by atoms with E-state index in [4.69, 9.17) is 14.2 Å². The first-order chi connectivity index (χ1) is 20.5. The van der Waals surface area contributed by atoms with Gasteiger partial charge >= 0.3 is 0 Å². The molecule has 3 aromatic rings. The first kappa shape index (κ1) is 33.4. The van der Waals surface area contributed by atoms with Crippen LogP contribution in [0.4, 0.5) is 11.4 Å². The number of ketones is 1. The number of hydrogen-bond acceptors (Lipinski definition) is 7. The number of methoxy groups -OCH3 is 1. The van der Waals surface area contributed by atoms with Crippen LogP contribution in [0.3, 0.4) is 0 Å². The van der Waals surface area contributed by atoms with Crippen LogP contribution in [0.2, 0.25) is 0 Å². The Morgan fingerprint density at radius 1 is 0.977 bits per heavy atom. The number of amides is 1. The standard InChI is InChI=1S/C34H45N3O6S/c1-32(2,3)22-18-26(30(41-8)27(19-22)36-44(9)40)35-31(39)29(38)25-14-15-28(24-13-11-10-12-23(24)25)42-17-16-37-20-33(4,5)43-34(6,7)21-37/h10-15,18-19,36H,16-17,20-21H2,1-9H3,(H,35,39). The zero-order valence-corrected chi connectivity index (χ0v) is 28.1. The van der Waals surface area contributed by atoms with Crippen molar-refractivity contribution in [3.63, 3.8) is 0 Å². The second-order valence-electron chi connectivity index (χ2n) is 13.5. The Balaban J connectivity index is 1.56. The number of hydrogen-bond donors (Lipinski definition) is 2. The fraction of sp³-hybridized carbons (Fsp3) is 0.471. The molecule has 1 aliphatic rings. The highest BCUT2D eigenvalue weighted by molar-refractivity contribution is 7.85. The van der Waals surface area contributed by atoms with Crippen LogP contribution in [0.15, 0.2) is 48.5 Å². The molecule has 0 aliphatic carbocycles. The van der Waals surface area contributed by atoms with Crippen molar-refractivity contribution in [2.75, 3.05) is 49.6 Å². The van der Waals surface area contributed by atoms with Gasteiger partial charge in [-0.2, -0.15) is 0 Å². The lowest BCUT2D eigenvalue weighted by molar-refractivity contribution is -0.181. The van der Waals surface area contributed by atoms with Crippen molar-refractivity contribution in [2.45, 2.75) is 65.1 Å². The van der Waals surface area contributed by atoms with Crippen molar-refractivity contribution in [1.82, 2.24) is 4.90 Å². The van der Waals surface area contributed by atoms with Gasteiger partial charge in [-0.15, -0.1) is 0 Å². The molecule has 44 heavy (non-hydrogen) atoms. The second-order valence-corrected chi connectivity index (χ2v) is 14.6. The Hall–Kier alpha value is -3.47. The molecule has 1 unspecified atom stereocenters. The zero-order valence-electron chi connectivity index (χ0n) is 27.3. The third-order valence-electron chi connectivity index (χ3n) is 7.42. The van der Waals surface area contributed by atoms with Crippen molar-refractivity contribution < 1.29 is 28.0 Å². The van der Waals surface area contributed by atoms with Gasteiger partial charge in [0, 0.05) is 36.8 Å². The molecule has 9 nitrogen and oxygen atoms in total. The van der Waals surface area contributed by atoms with E-state index in [0.29, 0.717) is 29.1 Å². The van der Waals surface area contributed by atoms with E-state index in [1.807, 2.05) is 51.1 Å². The molecular weight excluding hydrogens is 578 g/mol. The molecule has 10 heteroatoms. The fourth-order valence-corrected chi connectivity index (χ4v) is 6.35. The summed E-state index contributed by atoms with van der Waals surface area (Å²) in [4.78, 5) is 29.3. The van der Waals surface area contributed by atoms with Crippen LogP contribution < -0.4 is 19.5 Å². The molecule has 0 radical (unpaired) electrons. The molecule has 0 spiro atoms. The number of anilines is 2. The summed E-state index contributed by atoms with van der Waals surface area (Å²) in [7, 11) is 0.0765. The number of carbonyl (C=O) groups is 2. The SMILES string of the molecule is COc1c(NC(=O)C(=O)c2ccc(OCCN3CC(C)(C)OC(C)(C)C3)c3ccccc23)cc(C(C)(C)C)cc1NS(C)=O. The van der Waals surface area contributed by atoms with Gasteiger partial charge in [-0.3, -0.25) is 14.5 Å². The number of ether oxygens (including phenoxy) is 3. The van der Waals surface area contributed by atoms with E-state index >= 15 is 0 Å². The van der Waals surface area contributed by atoms with Crippen molar-refractivity contribution in [2.24, 2.45) is 0 Å². The Morgan fingerprint density at radius 2 is 1.59 bits per heavy atom. The maximum absolute atomic E-state index is 13.6. The number of nitrogens with zero attached hydrogens (tertiary/aromatic N) is 1. The van der Waals surface area contributed by atoms with Crippen LogP contribution in [-0.4, -0.2) is 71.6 Å². The molecule has 4 rings (SSSR count). The third kappa shape index (κ3) is 7.97. The number of benzene rings is 3. The number of Topliss-reactive ketones (excluding diaryl/α,β-unsaturated/α-hetero) is 1. The summed E-state index contributed by atoms with van der Waals surface area (Å²) in [6.07, 6.45) is 1.51. The average molecular weight is 624 g/mol. The van der Waals surface area contributed by atoms with E-state index in [1.54, 1.807) is 18.2 Å². The van der Waals surface area contributed by atoms with E-state index in [0.717, 1.165) is 30.6 Å². The van der Waals surface area contributed by atoms with Crippen molar-refractivity contribution >= 4 is 44.8 Å². The molecular formula is C34H45N3O6S. The Labute approximate surface area is 263 Å². The minimum Gasteiger partial charge on any atom is -0.492 e. The summed E-state index contributed by atoms with van der Waals surface area (Å²) < 4.78 is 32.9. The first-order valence-corrected chi connectivity index (χ1v) is 16.3. The minimum atomic E-state index is -1.38. The van der Waals surface area contributed by atoms with Gasteiger partial charge in [0.25, 0.3) is 11.7 Å². The van der Waals surface area contributed by atoms with Gasteiger partial charge < -0.3 is 24.2 Å². The minimum absolute atomic E-state index is 0.248. The molecule has 0 saturated carbocycles. The summed E-state index contributed by atoms with van der Waals surface area (Å²) in [5, 5.41) is 4.12. The molecule has 1 heterocycles. The van der Waals surface area contributed by atoms with E-state index < -0.39 is 22.7 Å². The zero-order chi connectivity index (χ0) is 32.4. The van der Waals surface area contributed by atoms with E-state index in [-0.39, 0.29) is 27.9 Å². The van der Waals surface area contributed by atoms with Crippen molar-refractivity contribution in [1.29, 1.82) is 0 Å². The normalized spacial score (nSPS) is 17.1. The number of fused-ring (bicyclic) bond motifs is 1. The predicted molar refractivity (Wildman–Crippen MR) is 177 cm³/mol. The van der Waals surface area contributed by atoms with Crippen LogP contribution in [0.25, 0.3) is 10.8 Å². The number of carbonyl (C=O) groups excluding carboxylic acids is 2. The summed E-state index contributed by atoms with van der Waals surface area (Å²) >= 11 is 0. The highest BCUT2D eigenvalue weighted by Crippen LogP contribution is 2.39. The highest BCUT2D eigenvalue weighted by Gasteiger charge is 2.37. The van der Waals surface area contributed by atoms with Gasteiger partial charge in [-0.05, 0) is 68.3 Å². The van der Waals surface area contributed by atoms with Gasteiger partial charge in [0.1, 0.15) is 23.3 Å². The van der Waals surface area contributed by atoms with Crippen LogP contribution in [0.5, 0.6) is 11.5 Å². The van der Waals surface area contributed by atoms with Crippen LogP contribution in [0.1, 0.15) is 64.4 Å². The lowest BCUT2D eigenvalue weighted by Crippen LogP contribution is -2.57. The van der Waals surface area contributed by atoms with Gasteiger partial charge in [0.2, 0.25) is 0 Å². The van der Waals surface area contributed by atoms with Crippen molar-refractivity contribution in [3.8, 4) is 11.5 Å². The maximum atomic E-state index is 13.6. The molecule has 0 bridgehead atoms. The molecule has 1 saturated heterocycles. The highest BCUT2D eigenvalue weighted by atomic mass is 32.2. The third-order valence-corrected chi connectivity index (χ3v) is 7.93. The predicted octanol–water partition coefficient (Wildman–Crippen LogP) is 5.94. The Bertz CT molecular complexity index is 1560. The number of nitrogens with one attached hydrogen (secondary N) is 2. The molecule has 1 fully saturated rings. The van der Waals surface area contributed by atoms with Crippen molar-refractivity contribution in [3.05, 3.63) is 59.7 Å². The van der Waals surface area contributed by atoms with E-state index in [1.165, 1.54) is 13.4 Å². The molecule has 1 atom stereocenters. The first-order valence-electron chi connectivity index (χ1n) is 14.7. The average Bonchev–Trinajstić information content (AvgIpc) is 2.90. The fourth-order valence-electron chi connectivity index (χ4n) is 5.89. The number of morpholine rings is 1. The smallest absolute Gasteiger partial charge is 0.296 e. The number of rotatable bonds is 10. The van der Waals surface area contributed by atoms with Gasteiger partial charge in [0.15, 0.2) is 5.75 Å². The molecule has 1 amide bonds. The molecule has 3 aromatic carbocycles. The topological polar surface area (TPSA) is 106 Å². The van der Waals surface area contributed by atoms with Gasteiger partial charge in [0.05, 0.1) is 29.7 Å². The monoisotopic (exact) mass is 623 g/mol. The summed E-state index contributed by atoms with van der Waals surface area (Å²) in [6.45, 7) is 17.3. The summed E-state index contributed by atoms with van der Waals surface area (Å²) in [5.41, 5.74) is 1.11. The molecule has 1 aliphatic heterocycles. The molecule has 0 aromatic heterocycles. The lowest BCUT2D eigenvalue weighted by atomic mass is 9.86. The van der Waals surface area contributed by atoms with Crippen LogP contribution >= 0.6 is 0 Å². The second kappa shape index (κ2) is 12.9. The molecule has 238 valence electrons. The molecule has 2 N–H and O–H groups in total. The van der Waals surface area contributed by atoms with E-state index in [9.17, 15) is 13.8 Å². The van der Waals surface area contributed by atoms with Crippen LogP contribution in [0, 0.1) is 0 Å².